The van der Waals surface area contributed by atoms with Crippen molar-refractivity contribution >= 4 is 0 Å². The molecule has 1 heterocycles. The highest BCUT2D eigenvalue weighted by Gasteiger charge is 2.31. The lowest BCUT2D eigenvalue weighted by atomic mass is 9.93. The molecule has 2 unspecified atom stereocenters. The van der Waals surface area contributed by atoms with E-state index in [0.29, 0.717) is 30.8 Å². The minimum atomic E-state index is -4.34. The maximum absolute atomic E-state index is 12.5. The molecular formula is C14H17F3O2. The molecule has 1 aliphatic heterocycles. The molecule has 0 aromatic heterocycles. The van der Waals surface area contributed by atoms with Gasteiger partial charge >= 0.3 is 6.18 Å². The fourth-order valence-electron chi connectivity index (χ4n) is 2.44. The van der Waals surface area contributed by atoms with Crippen LogP contribution in [0.15, 0.2) is 18.2 Å². The number of aliphatic hydroxyl groups is 1. The van der Waals surface area contributed by atoms with E-state index < -0.39 is 17.8 Å². The third-order valence-electron chi connectivity index (χ3n) is 3.54. The molecular weight excluding hydrogens is 257 g/mol. The van der Waals surface area contributed by atoms with Crippen LogP contribution in [0.5, 0.6) is 0 Å². The van der Waals surface area contributed by atoms with Crippen molar-refractivity contribution in [2.24, 2.45) is 5.92 Å². The Morgan fingerprint density at radius 2 is 2.16 bits per heavy atom. The average Bonchev–Trinajstić information content (AvgIpc) is 2.80. The fraction of sp³-hybridized carbons (Fsp3) is 0.571. The van der Waals surface area contributed by atoms with Crippen molar-refractivity contribution in [3.63, 3.8) is 0 Å². The van der Waals surface area contributed by atoms with Crippen LogP contribution in [0.25, 0.3) is 0 Å². The number of aryl methyl sites for hydroxylation is 1. The van der Waals surface area contributed by atoms with Crippen LogP contribution in [-0.4, -0.2) is 18.3 Å². The normalized spacial score (nSPS) is 21.6. The molecule has 0 spiro atoms. The Morgan fingerprint density at radius 1 is 1.42 bits per heavy atom. The first-order valence-electron chi connectivity index (χ1n) is 6.31. The van der Waals surface area contributed by atoms with Gasteiger partial charge in [-0.25, -0.2) is 0 Å². The molecule has 106 valence electrons. The molecule has 1 N–H and O–H groups in total. The van der Waals surface area contributed by atoms with Crippen molar-refractivity contribution in [1.29, 1.82) is 0 Å². The summed E-state index contributed by atoms with van der Waals surface area (Å²) < 4.78 is 42.9. The molecule has 0 saturated carbocycles. The number of aliphatic hydroxyl groups excluding tert-OH is 1. The molecule has 0 bridgehead atoms. The van der Waals surface area contributed by atoms with Gasteiger partial charge in [-0.2, -0.15) is 13.2 Å². The van der Waals surface area contributed by atoms with Crippen LogP contribution in [0.1, 0.15) is 35.6 Å². The average molecular weight is 274 g/mol. The summed E-state index contributed by atoms with van der Waals surface area (Å²) in [7, 11) is 0. The molecule has 2 atom stereocenters. The zero-order chi connectivity index (χ0) is 14.0. The van der Waals surface area contributed by atoms with E-state index in [1.165, 1.54) is 6.07 Å². The first kappa shape index (κ1) is 14.3. The molecule has 2 rings (SSSR count). The first-order chi connectivity index (χ1) is 8.88. The largest absolute Gasteiger partial charge is 0.416 e. The second-order valence-electron chi connectivity index (χ2n) is 5.05. The molecule has 1 saturated heterocycles. The van der Waals surface area contributed by atoms with E-state index in [4.69, 9.17) is 4.74 Å². The number of ether oxygens (including phenoxy) is 1. The number of alkyl halides is 3. The maximum atomic E-state index is 12.5. The number of hydrogen-bond donors (Lipinski definition) is 1. The number of rotatable bonds is 3. The van der Waals surface area contributed by atoms with Gasteiger partial charge in [0, 0.05) is 13.2 Å². The zero-order valence-corrected chi connectivity index (χ0v) is 10.7. The lowest BCUT2D eigenvalue weighted by Crippen LogP contribution is -2.10. The van der Waals surface area contributed by atoms with Crippen molar-refractivity contribution in [3.8, 4) is 0 Å². The van der Waals surface area contributed by atoms with Crippen LogP contribution in [0, 0.1) is 12.8 Å². The predicted molar refractivity (Wildman–Crippen MR) is 64.7 cm³/mol. The SMILES string of the molecule is Cc1cc(C(F)(F)F)ccc1C(O)CC1CCOC1. The zero-order valence-electron chi connectivity index (χ0n) is 10.7. The predicted octanol–water partition coefficient (Wildman–Crippen LogP) is 3.47. The van der Waals surface area contributed by atoms with Crippen LogP contribution in [0.4, 0.5) is 13.2 Å². The highest BCUT2D eigenvalue weighted by Crippen LogP contribution is 2.33. The van der Waals surface area contributed by atoms with Crippen LogP contribution in [0.2, 0.25) is 0 Å². The molecule has 1 aliphatic rings. The Morgan fingerprint density at radius 3 is 2.68 bits per heavy atom. The van der Waals surface area contributed by atoms with Crippen LogP contribution in [-0.2, 0) is 10.9 Å². The Labute approximate surface area is 110 Å². The summed E-state index contributed by atoms with van der Waals surface area (Å²) in [4.78, 5) is 0. The molecule has 1 fully saturated rings. The summed E-state index contributed by atoms with van der Waals surface area (Å²) in [6, 6.07) is 3.49. The van der Waals surface area contributed by atoms with Gasteiger partial charge in [0.25, 0.3) is 0 Å². The molecule has 2 nitrogen and oxygen atoms in total. The summed E-state index contributed by atoms with van der Waals surface area (Å²) in [5.74, 6) is 0.289. The highest BCUT2D eigenvalue weighted by atomic mass is 19.4. The van der Waals surface area contributed by atoms with Gasteiger partial charge in [-0.3, -0.25) is 0 Å². The Kier molecular flexibility index (Phi) is 4.16. The summed E-state index contributed by atoms with van der Waals surface area (Å²) in [6.07, 6.45) is -3.63. The molecule has 19 heavy (non-hydrogen) atoms. The van der Waals surface area contributed by atoms with E-state index in [1.54, 1.807) is 6.92 Å². The monoisotopic (exact) mass is 274 g/mol. The van der Waals surface area contributed by atoms with Crippen molar-refractivity contribution in [2.75, 3.05) is 13.2 Å². The van der Waals surface area contributed by atoms with E-state index in [-0.39, 0.29) is 5.92 Å². The topological polar surface area (TPSA) is 29.5 Å². The third kappa shape index (κ3) is 3.48. The lowest BCUT2D eigenvalue weighted by Gasteiger charge is -2.18. The van der Waals surface area contributed by atoms with Crippen LogP contribution < -0.4 is 0 Å². The van der Waals surface area contributed by atoms with Gasteiger partial charge in [0.1, 0.15) is 0 Å². The second-order valence-corrected chi connectivity index (χ2v) is 5.05. The van der Waals surface area contributed by atoms with E-state index in [9.17, 15) is 18.3 Å². The summed E-state index contributed by atoms with van der Waals surface area (Å²) in [6.45, 7) is 2.92. The summed E-state index contributed by atoms with van der Waals surface area (Å²) in [5.41, 5.74) is 0.367. The maximum Gasteiger partial charge on any atom is 0.416 e. The smallest absolute Gasteiger partial charge is 0.388 e. The Bertz CT molecular complexity index is 437. The van der Waals surface area contributed by atoms with Gasteiger partial charge in [0.2, 0.25) is 0 Å². The van der Waals surface area contributed by atoms with Crippen molar-refractivity contribution in [1.82, 2.24) is 0 Å². The van der Waals surface area contributed by atoms with Crippen molar-refractivity contribution < 1.29 is 23.0 Å². The van der Waals surface area contributed by atoms with Gasteiger partial charge in [0.05, 0.1) is 11.7 Å². The highest BCUT2D eigenvalue weighted by molar-refractivity contribution is 5.34. The van der Waals surface area contributed by atoms with E-state index >= 15 is 0 Å². The second kappa shape index (κ2) is 5.51. The number of benzene rings is 1. The van der Waals surface area contributed by atoms with E-state index in [0.717, 1.165) is 18.6 Å². The minimum absolute atomic E-state index is 0.289. The minimum Gasteiger partial charge on any atom is -0.388 e. The molecule has 0 radical (unpaired) electrons. The molecule has 1 aromatic rings. The fourth-order valence-corrected chi connectivity index (χ4v) is 2.44. The summed E-state index contributed by atoms with van der Waals surface area (Å²) >= 11 is 0. The quantitative estimate of drug-likeness (QED) is 0.914. The lowest BCUT2D eigenvalue weighted by molar-refractivity contribution is -0.137. The van der Waals surface area contributed by atoms with Gasteiger partial charge in [-0.1, -0.05) is 6.07 Å². The molecule has 0 aliphatic carbocycles. The first-order valence-corrected chi connectivity index (χ1v) is 6.31. The Hall–Kier alpha value is -1.07. The van der Waals surface area contributed by atoms with E-state index in [2.05, 4.69) is 0 Å². The van der Waals surface area contributed by atoms with Gasteiger partial charge in [-0.15, -0.1) is 0 Å². The van der Waals surface area contributed by atoms with Gasteiger partial charge in [0.15, 0.2) is 0 Å². The van der Waals surface area contributed by atoms with Crippen molar-refractivity contribution in [2.45, 2.75) is 32.0 Å². The summed E-state index contributed by atoms with van der Waals surface area (Å²) in [5, 5.41) is 10.1. The van der Waals surface area contributed by atoms with Crippen molar-refractivity contribution in [3.05, 3.63) is 34.9 Å². The molecule has 5 heteroatoms. The van der Waals surface area contributed by atoms with E-state index in [1.807, 2.05) is 0 Å². The van der Waals surface area contributed by atoms with Gasteiger partial charge in [-0.05, 0) is 48.9 Å². The number of halogens is 3. The molecule has 0 amide bonds. The molecule has 1 aromatic carbocycles. The van der Waals surface area contributed by atoms with Gasteiger partial charge < -0.3 is 9.84 Å². The number of hydrogen-bond acceptors (Lipinski definition) is 2. The van der Waals surface area contributed by atoms with Crippen LogP contribution >= 0.6 is 0 Å². The Balaban J connectivity index is 2.11. The standard InChI is InChI=1S/C14H17F3O2/c1-9-6-11(14(15,16)17)2-3-12(9)13(18)7-10-4-5-19-8-10/h2-3,6,10,13,18H,4-5,7-8H2,1H3. The van der Waals surface area contributed by atoms with Crippen LogP contribution in [0.3, 0.4) is 0 Å². The third-order valence-corrected chi connectivity index (χ3v) is 3.54.